The predicted octanol–water partition coefficient (Wildman–Crippen LogP) is 6.11. The highest BCUT2D eigenvalue weighted by Gasteiger charge is 2.30. The van der Waals surface area contributed by atoms with Gasteiger partial charge in [0.25, 0.3) is 11.4 Å². The van der Waals surface area contributed by atoms with Gasteiger partial charge in [-0.3, -0.25) is 25.0 Å². The van der Waals surface area contributed by atoms with Crippen LogP contribution in [0.25, 0.3) is 0 Å². The van der Waals surface area contributed by atoms with E-state index in [1.807, 2.05) is 0 Å². The maximum absolute atomic E-state index is 13.3. The molecule has 1 aliphatic carbocycles. The molecule has 0 saturated carbocycles. The van der Waals surface area contributed by atoms with Gasteiger partial charge >= 0.3 is 0 Å². The van der Waals surface area contributed by atoms with E-state index in [-0.39, 0.29) is 17.2 Å². The van der Waals surface area contributed by atoms with E-state index in [1.54, 1.807) is 38.1 Å². The summed E-state index contributed by atoms with van der Waals surface area (Å²) >= 11 is 8.15. The Morgan fingerprint density at radius 2 is 1.13 bits per heavy atom. The average molecular weight is 476 g/mol. The van der Waals surface area contributed by atoms with E-state index in [2.05, 4.69) is 4.51 Å². The molecule has 2 aromatic carbocycles. The van der Waals surface area contributed by atoms with Crippen molar-refractivity contribution in [1.29, 1.82) is 0 Å². The molecule has 158 valence electrons. The highest BCUT2D eigenvalue weighted by atomic mass is 35.5. The van der Waals surface area contributed by atoms with Gasteiger partial charge in [-0.2, -0.15) is 4.51 Å². The lowest BCUT2D eigenvalue weighted by atomic mass is 9.97. The normalized spacial score (nSPS) is 14.2. The van der Waals surface area contributed by atoms with Crippen LogP contribution >= 0.6 is 35.3 Å². The Labute approximate surface area is 190 Å². The van der Waals surface area contributed by atoms with Crippen LogP contribution in [0.15, 0.2) is 83.8 Å². The number of halogens is 1. The van der Waals surface area contributed by atoms with Crippen LogP contribution in [0, 0.1) is 20.2 Å². The smallest absolute Gasteiger partial charge is 0.269 e. The Balaban J connectivity index is 1.92. The molecule has 0 saturated heterocycles. The quantitative estimate of drug-likeness (QED) is 0.281. The van der Waals surface area contributed by atoms with Gasteiger partial charge in [0.1, 0.15) is 0 Å². The van der Waals surface area contributed by atoms with Crippen LogP contribution in [-0.2, 0) is 4.79 Å². The van der Waals surface area contributed by atoms with E-state index in [9.17, 15) is 25.0 Å². The molecule has 1 aliphatic rings. The second-order valence-electron chi connectivity index (χ2n) is 6.38. The number of Topliss-reactive ketones (excluding diaryl/α,β-unsaturated/α-hetero) is 1. The average Bonchev–Trinajstić information content (AvgIpc) is 2.75. The number of hydrogen-bond donors (Lipinski definition) is 0. The van der Waals surface area contributed by atoms with Crippen LogP contribution in [0.5, 0.6) is 0 Å². The van der Waals surface area contributed by atoms with Gasteiger partial charge in [-0.25, -0.2) is 0 Å². The van der Waals surface area contributed by atoms with Crippen molar-refractivity contribution in [2.45, 2.75) is 23.6 Å². The summed E-state index contributed by atoms with van der Waals surface area (Å²) < 4.78 is 3.82. The predicted molar refractivity (Wildman–Crippen MR) is 122 cm³/mol. The van der Waals surface area contributed by atoms with Crippen LogP contribution in [0.2, 0.25) is 0 Å². The Hall–Kier alpha value is -2.95. The van der Waals surface area contributed by atoms with Crippen molar-refractivity contribution < 1.29 is 14.6 Å². The molecular formula is C20H14ClN3O5S2. The van der Waals surface area contributed by atoms with Gasteiger partial charge in [0.05, 0.1) is 25.4 Å². The molecule has 3 rings (SSSR count). The first-order valence-electron chi connectivity index (χ1n) is 8.73. The minimum Gasteiger partial charge on any atom is -0.287 e. The Bertz CT molecular complexity index is 1080. The summed E-state index contributed by atoms with van der Waals surface area (Å²) in [4.78, 5) is 36.1. The molecule has 11 heteroatoms. The maximum atomic E-state index is 13.3. The van der Waals surface area contributed by atoms with Crippen molar-refractivity contribution >= 4 is 58.2 Å². The number of ketones is 1. The summed E-state index contributed by atoms with van der Waals surface area (Å²) in [6.45, 7) is 3.48. The van der Waals surface area contributed by atoms with E-state index in [0.29, 0.717) is 36.5 Å². The zero-order valence-corrected chi connectivity index (χ0v) is 18.6. The summed E-state index contributed by atoms with van der Waals surface area (Å²) in [7, 11) is 0. The van der Waals surface area contributed by atoms with Gasteiger partial charge in [-0.15, -0.1) is 0 Å². The second kappa shape index (κ2) is 9.46. The van der Waals surface area contributed by atoms with Gasteiger partial charge in [0.15, 0.2) is 0 Å². The van der Waals surface area contributed by atoms with Gasteiger partial charge in [0, 0.05) is 45.8 Å². The number of allylic oxidation sites excluding steroid dienone is 4. The number of rotatable bonds is 6. The number of non-ortho nitro benzene ring substituents is 2. The molecule has 0 fully saturated rings. The third kappa shape index (κ3) is 4.87. The number of hydrogen-bond acceptors (Lipinski definition) is 8. The monoisotopic (exact) mass is 475 g/mol. The number of nitro groups is 2. The summed E-state index contributed by atoms with van der Waals surface area (Å²) in [5.74, 6) is -0.231. The maximum Gasteiger partial charge on any atom is 0.269 e. The topological polar surface area (TPSA) is 116 Å². The molecule has 31 heavy (non-hydrogen) atoms. The molecule has 0 radical (unpaired) electrons. The zero-order valence-electron chi connectivity index (χ0n) is 16.2. The lowest BCUT2D eigenvalue weighted by Crippen LogP contribution is -2.19. The molecule has 0 N–H and O–H groups in total. The van der Waals surface area contributed by atoms with E-state index in [4.69, 9.17) is 11.8 Å². The summed E-state index contributed by atoms with van der Waals surface area (Å²) in [6.07, 6.45) is 0. The lowest BCUT2D eigenvalue weighted by Gasteiger charge is -2.22. The SMILES string of the molecule is CC1=C(Sc2ccc([N+](=O)[O-])cc2)C(=O)C(Sc2ccc([N+](=O)[O-])cc2)=C(C)C1=NCl. The van der Waals surface area contributed by atoms with Crippen molar-refractivity contribution in [3.05, 3.63) is 89.7 Å². The Morgan fingerprint density at radius 1 is 0.774 bits per heavy atom. The van der Waals surface area contributed by atoms with Crippen LogP contribution in [-0.4, -0.2) is 21.3 Å². The molecule has 8 nitrogen and oxygen atoms in total. The first kappa shape index (κ1) is 22.7. The van der Waals surface area contributed by atoms with Gasteiger partial charge in [0.2, 0.25) is 5.78 Å². The first-order valence-corrected chi connectivity index (χ1v) is 10.7. The molecule has 0 bridgehead atoms. The number of thioether (sulfide) groups is 2. The number of nitrogens with zero attached hydrogens (tertiary/aromatic N) is 3. The molecule has 0 aliphatic heterocycles. The number of carbonyl (C=O) groups excluding carboxylic acids is 1. The fourth-order valence-corrected chi connectivity index (χ4v) is 5.04. The highest BCUT2D eigenvalue weighted by molar-refractivity contribution is 8.06. The Kier molecular flexibility index (Phi) is 6.94. The first-order chi connectivity index (χ1) is 14.7. The highest BCUT2D eigenvalue weighted by Crippen LogP contribution is 2.42. The fourth-order valence-electron chi connectivity index (χ4n) is 2.82. The second-order valence-corrected chi connectivity index (χ2v) is 8.71. The van der Waals surface area contributed by atoms with Gasteiger partial charge < -0.3 is 0 Å². The molecule has 0 unspecified atom stereocenters. The van der Waals surface area contributed by atoms with Crippen LogP contribution < -0.4 is 0 Å². The summed E-state index contributed by atoms with van der Waals surface area (Å²) in [6, 6.07) is 11.8. The molecule has 0 heterocycles. The number of nitro benzene ring substituents is 2. The summed E-state index contributed by atoms with van der Waals surface area (Å²) in [5.41, 5.74) is 1.59. The van der Waals surface area contributed by atoms with Crippen molar-refractivity contribution in [3.63, 3.8) is 0 Å². The standard InChI is InChI=1S/C20H14ClN3O5S2/c1-11-17(22-21)12(2)20(31-16-9-5-14(6-10-16)24(28)29)18(25)19(11)30-15-7-3-13(4-8-15)23(26)27/h3-10H,1-2H3. The van der Waals surface area contributed by atoms with E-state index in [0.717, 1.165) is 0 Å². The van der Waals surface area contributed by atoms with Crippen LogP contribution in [0.1, 0.15) is 13.8 Å². The minimum atomic E-state index is -0.492. The molecule has 0 atom stereocenters. The molecule has 0 amide bonds. The molecule has 2 aromatic rings. The largest absolute Gasteiger partial charge is 0.287 e. The van der Waals surface area contributed by atoms with E-state index >= 15 is 0 Å². The van der Waals surface area contributed by atoms with E-state index in [1.165, 1.54) is 47.8 Å². The van der Waals surface area contributed by atoms with Crippen molar-refractivity contribution in [3.8, 4) is 0 Å². The molecule has 0 spiro atoms. The third-order valence-electron chi connectivity index (χ3n) is 4.42. The van der Waals surface area contributed by atoms with Crippen molar-refractivity contribution in [2.75, 3.05) is 0 Å². The van der Waals surface area contributed by atoms with Gasteiger partial charge in [-0.05, 0) is 49.3 Å². The lowest BCUT2D eigenvalue weighted by molar-refractivity contribution is -0.385. The van der Waals surface area contributed by atoms with Crippen molar-refractivity contribution in [1.82, 2.24) is 0 Å². The van der Waals surface area contributed by atoms with Crippen LogP contribution in [0.3, 0.4) is 0 Å². The number of carbonyl (C=O) groups is 1. The minimum absolute atomic E-state index is 0.0433. The fraction of sp³-hybridized carbons (Fsp3) is 0.100. The van der Waals surface area contributed by atoms with Crippen LogP contribution in [0.4, 0.5) is 11.4 Å². The third-order valence-corrected chi connectivity index (χ3v) is 7.00. The molecular weight excluding hydrogens is 462 g/mol. The van der Waals surface area contributed by atoms with Crippen molar-refractivity contribution in [2.24, 2.45) is 4.51 Å². The van der Waals surface area contributed by atoms with E-state index < -0.39 is 9.85 Å². The molecule has 0 aromatic heterocycles. The summed E-state index contributed by atoms with van der Waals surface area (Å²) in [5, 5.41) is 21.7. The van der Waals surface area contributed by atoms with Gasteiger partial charge in [-0.1, -0.05) is 23.5 Å². The number of benzene rings is 2. The Morgan fingerprint density at radius 3 is 1.42 bits per heavy atom. The zero-order chi connectivity index (χ0) is 22.7.